The van der Waals surface area contributed by atoms with E-state index in [0.717, 1.165) is 22.2 Å². The molecular formula is C34H28ClN2OP. The zero-order chi connectivity index (χ0) is 25.8. The Morgan fingerprint density at radius 3 is 1.62 bits per heavy atom. The Bertz CT molecular complexity index is 1540. The maximum atomic E-state index is 6.18. The van der Waals surface area contributed by atoms with Gasteiger partial charge in [0, 0.05) is 5.56 Å². The van der Waals surface area contributed by atoms with Crippen LogP contribution in [0, 0.1) is 6.92 Å². The molecule has 3 nitrogen and oxygen atoms in total. The number of aromatic nitrogens is 1. The van der Waals surface area contributed by atoms with Crippen molar-refractivity contribution in [1.29, 1.82) is 0 Å². The Morgan fingerprint density at radius 2 is 1.10 bits per heavy atom. The van der Waals surface area contributed by atoms with Crippen LogP contribution in [0.2, 0.25) is 0 Å². The first-order valence-corrected chi connectivity index (χ1v) is 14.5. The molecule has 0 aliphatic heterocycles. The Kier molecular flexibility index (Phi) is 7.93. The summed E-state index contributed by atoms with van der Waals surface area (Å²) in [5.74, 6) is 0. The number of benzene rings is 5. The molecule has 5 heteroatoms. The summed E-state index contributed by atoms with van der Waals surface area (Å²) in [6, 6.07) is 49.4. The van der Waals surface area contributed by atoms with Crippen LogP contribution in [0.3, 0.4) is 0 Å². The Hall–Kier alpha value is -4.17. The van der Waals surface area contributed by atoms with Gasteiger partial charge in [-0.3, -0.25) is 0 Å². The topological polar surface area (TPSA) is 38.1 Å². The number of oxazole rings is 1. The number of nitrogens with one attached hydrogen (secondary N) is 1. The van der Waals surface area contributed by atoms with Crippen molar-refractivity contribution in [2.24, 2.45) is 0 Å². The van der Waals surface area contributed by atoms with E-state index in [9.17, 15) is 0 Å². The predicted molar refractivity (Wildman–Crippen MR) is 161 cm³/mol. The lowest BCUT2D eigenvalue weighted by Gasteiger charge is -2.24. The third-order valence-electron chi connectivity index (χ3n) is 6.77. The van der Waals surface area contributed by atoms with Crippen molar-refractivity contribution in [2.45, 2.75) is 6.92 Å². The zero-order valence-corrected chi connectivity index (χ0v) is 23.2. The fraction of sp³-hybridized carbons (Fsp3) is 0.0294. The van der Waals surface area contributed by atoms with Crippen LogP contribution in [0.1, 0.15) is 5.56 Å². The number of aryl methyl sites for hydroxylation is 1. The number of anilines is 2. The van der Waals surface area contributed by atoms with E-state index in [1.54, 1.807) is 0 Å². The maximum Gasteiger partial charge on any atom is 0.302 e. The van der Waals surface area contributed by atoms with E-state index in [1.165, 1.54) is 21.5 Å². The van der Waals surface area contributed by atoms with Crippen molar-refractivity contribution >= 4 is 40.3 Å². The first kappa shape index (κ1) is 26.4. The highest BCUT2D eigenvalue weighted by Gasteiger charge is 2.50. The fourth-order valence-corrected chi connectivity index (χ4v) is 9.02. The highest BCUT2D eigenvalue weighted by atomic mass is 35.5. The van der Waals surface area contributed by atoms with Gasteiger partial charge < -0.3 is 22.1 Å². The molecule has 0 saturated heterocycles. The average Bonchev–Trinajstić information content (AvgIpc) is 3.44. The molecule has 0 amide bonds. The van der Waals surface area contributed by atoms with E-state index in [0.29, 0.717) is 6.01 Å². The first-order chi connectivity index (χ1) is 18.7. The molecule has 39 heavy (non-hydrogen) atoms. The first-order valence-electron chi connectivity index (χ1n) is 12.7. The van der Waals surface area contributed by atoms with Gasteiger partial charge in [0.05, 0.1) is 5.69 Å². The van der Waals surface area contributed by atoms with Crippen LogP contribution in [0.25, 0.3) is 11.1 Å². The monoisotopic (exact) mass is 546 g/mol. The van der Waals surface area contributed by atoms with Crippen molar-refractivity contribution in [3.8, 4) is 11.1 Å². The SMILES string of the molecule is Cc1ccc(-c2ccccc2)c(Nc2nc([P+](c3ccccc3)(c3ccccc3)c3ccccc3)co2)c1.[Cl-]. The third kappa shape index (κ3) is 5.12. The second-order valence-electron chi connectivity index (χ2n) is 9.23. The molecule has 6 aromatic rings. The summed E-state index contributed by atoms with van der Waals surface area (Å²) in [5, 5.41) is 7.20. The van der Waals surface area contributed by atoms with Crippen LogP contribution in [0.5, 0.6) is 0 Å². The van der Waals surface area contributed by atoms with E-state index in [-0.39, 0.29) is 12.4 Å². The largest absolute Gasteiger partial charge is 1.00 e. The molecule has 0 saturated carbocycles. The van der Waals surface area contributed by atoms with Gasteiger partial charge in [0.2, 0.25) is 5.44 Å². The van der Waals surface area contributed by atoms with Crippen LogP contribution in [-0.2, 0) is 0 Å². The number of hydrogen-bond donors (Lipinski definition) is 1. The van der Waals surface area contributed by atoms with Gasteiger partial charge in [-0.2, -0.15) is 4.98 Å². The lowest BCUT2D eigenvalue weighted by atomic mass is 10.0. The van der Waals surface area contributed by atoms with E-state index >= 15 is 0 Å². The molecule has 0 bridgehead atoms. The highest BCUT2D eigenvalue weighted by Crippen LogP contribution is 2.54. The number of hydrogen-bond acceptors (Lipinski definition) is 3. The van der Waals surface area contributed by atoms with Crippen molar-refractivity contribution in [3.63, 3.8) is 0 Å². The second kappa shape index (κ2) is 11.7. The summed E-state index contributed by atoms with van der Waals surface area (Å²) >= 11 is 0. The Morgan fingerprint density at radius 1 is 0.615 bits per heavy atom. The quantitative estimate of drug-likeness (QED) is 0.307. The fourth-order valence-electron chi connectivity index (χ4n) is 5.02. The van der Waals surface area contributed by atoms with E-state index < -0.39 is 7.26 Å². The van der Waals surface area contributed by atoms with Crippen molar-refractivity contribution in [3.05, 3.63) is 151 Å². The Balaban J connectivity index is 0.00000308. The standard InChI is InChI=1S/C34H28N2OP.ClH/c1-26-22-23-31(27-14-6-2-7-15-27)32(24-26)35-34-36-33(25-37-34)38(28-16-8-3-9-17-28,29-18-10-4-11-19-29)30-20-12-5-13-21-30;/h2-25H,1H3,(H,35,36);1H/q+1;/p-1. The summed E-state index contributed by atoms with van der Waals surface area (Å²) in [5.41, 5.74) is 5.30. The summed E-state index contributed by atoms with van der Waals surface area (Å²) < 4.78 is 6.18. The molecule has 0 fully saturated rings. The lowest BCUT2D eigenvalue weighted by Crippen LogP contribution is -3.00. The van der Waals surface area contributed by atoms with E-state index in [4.69, 9.17) is 9.40 Å². The molecule has 1 N–H and O–H groups in total. The van der Waals surface area contributed by atoms with Gasteiger partial charge in [-0.15, -0.1) is 0 Å². The Labute approximate surface area is 236 Å². The highest BCUT2D eigenvalue weighted by molar-refractivity contribution is 8.01. The number of nitrogens with zero attached hydrogens (tertiary/aromatic N) is 1. The van der Waals surface area contributed by atoms with Crippen molar-refractivity contribution in [2.75, 3.05) is 5.32 Å². The van der Waals surface area contributed by atoms with Crippen LogP contribution in [0.4, 0.5) is 11.7 Å². The molecule has 0 aliphatic carbocycles. The van der Waals surface area contributed by atoms with Crippen molar-refractivity contribution < 1.29 is 16.8 Å². The van der Waals surface area contributed by atoms with Crippen LogP contribution in [-0.4, -0.2) is 4.98 Å². The smallest absolute Gasteiger partial charge is 0.302 e. The molecule has 0 spiro atoms. The number of rotatable bonds is 7. The minimum atomic E-state index is -2.31. The van der Waals surface area contributed by atoms with Gasteiger partial charge in [0.15, 0.2) is 13.5 Å². The van der Waals surface area contributed by atoms with E-state index in [2.05, 4.69) is 146 Å². The van der Waals surface area contributed by atoms with Crippen LogP contribution < -0.4 is 39.1 Å². The molecule has 0 radical (unpaired) electrons. The van der Waals surface area contributed by atoms with Crippen molar-refractivity contribution in [1.82, 2.24) is 4.98 Å². The molecule has 1 aromatic heterocycles. The molecule has 0 aliphatic rings. The molecule has 5 aromatic carbocycles. The minimum absolute atomic E-state index is 0. The summed E-state index contributed by atoms with van der Waals surface area (Å²) in [6.07, 6.45) is 1.83. The average molecular weight is 547 g/mol. The molecule has 192 valence electrons. The second-order valence-corrected chi connectivity index (χ2v) is 12.6. The van der Waals surface area contributed by atoms with Gasteiger partial charge in [0.25, 0.3) is 0 Å². The summed E-state index contributed by atoms with van der Waals surface area (Å²) in [6.45, 7) is 2.09. The van der Waals surface area contributed by atoms with E-state index in [1.807, 2.05) is 12.3 Å². The number of halogens is 1. The van der Waals surface area contributed by atoms with Gasteiger partial charge in [0.1, 0.15) is 15.9 Å². The molecule has 6 rings (SSSR count). The lowest BCUT2D eigenvalue weighted by molar-refractivity contribution is -0.00000790. The molecular weight excluding hydrogens is 519 g/mol. The maximum absolute atomic E-state index is 6.18. The molecule has 0 unspecified atom stereocenters. The van der Waals surface area contributed by atoms with Gasteiger partial charge >= 0.3 is 6.01 Å². The normalized spacial score (nSPS) is 11.0. The summed E-state index contributed by atoms with van der Waals surface area (Å²) in [4.78, 5) is 5.14. The zero-order valence-electron chi connectivity index (χ0n) is 21.5. The van der Waals surface area contributed by atoms with Crippen LogP contribution in [0.15, 0.2) is 150 Å². The van der Waals surface area contributed by atoms with Gasteiger partial charge in [-0.25, -0.2) is 0 Å². The predicted octanol–water partition coefficient (Wildman–Crippen LogP) is 4.02. The van der Waals surface area contributed by atoms with Crippen LogP contribution >= 0.6 is 7.26 Å². The van der Waals surface area contributed by atoms with Gasteiger partial charge in [-0.05, 0) is 60.5 Å². The third-order valence-corrected chi connectivity index (χ3v) is 10.9. The molecule has 1 heterocycles. The van der Waals surface area contributed by atoms with Gasteiger partial charge in [-0.1, -0.05) is 97.1 Å². The molecule has 0 atom stereocenters. The minimum Gasteiger partial charge on any atom is -1.00 e. The summed E-state index contributed by atoms with van der Waals surface area (Å²) in [7, 11) is -2.31.